The summed E-state index contributed by atoms with van der Waals surface area (Å²) in [6.45, 7) is 4.93. The van der Waals surface area contributed by atoms with E-state index in [1.165, 1.54) is 5.56 Å². The van der Waals surface area contributed by atoms with Gasteiger partial charge < -0.3 is 5.32 Å². The van der Waals surface area contributed by atoms with Gasteiger partial charge in [0.05, 0.1) is 16.8 Å². The van der Waals surface area contributed by atoms with Gasteiger partial charge in [0.1, 0.15) is 0 Å². The summed E-state index contributed by atoms with van der Waals surface area (Å²) in [5.74, 6) is -0.0244. The molecule has 128 valence electrons. The number of benzene rings is 2. The third kappa shape index (κ3) is 4.05. The second-order valence-corrected chi connectivity index (χ2v) is 6.40. The number of fused-ring (bicyclic) bond motifs is 1. The fraction of sp³-hybridized carbons (Fsp3) is 0.273. The second kappa shape index (κ2) is 7.93. The van der Waals surface area contributed by atoms with Crippen molar-refractivity contribution in [1.29, 1.82) is 0 Å². The number of aryl methyl sites for hydroxylation is 1. The Labute approximate surface area is 149 Å². The zero-order chi connectivity index (χ0) is 17.6. The molecule has 0 bridgehead atoms. The molecule has 0 saturated carbocycles. The Bertz CT molecular complexity index is 886. The number of amides is 1. The second-order valence-electron chi connectivity index (χ2n) is 6.40. The van der Waals surface area contributed by atoms with Crippen molar-refractivity contribution in [2.75, 3.05) is 6.54 Å². The average Bonchev–Trinajstić information content (AvgIpc) is 2.64. The number of para-hydroxylation sites is 1. The van der Waals surface area contributed by atoms with Crippen LogP contribution in [0.5, 0.6) is 0 Å². The Morgan fingerprint density at radius 3 is 2.68 bits per heavy atom. The van der Waals surface area contributed by atoms with Crippen LogP contribution < -0.4 is 5.32 Å². The molecule has 1 amide bonds. The van der Waals surface area contributed by atoms with E-state index in [-0.39, 0.29) is 5.91 Å². The van der Waals surface area contributed by atoms with E-state index in [2.05, 4.69) is 31.3 Å². The molecule has 3 rings (SSSR count). The van der Waals surface area contributed by atoms with E-state index in [4.69, 9.17) is 4.98 Å². The SMILES string of the molecule is CCCCCNC(=O)c1cc(-c2cccc(C)c2)nc2ccccc12. The Morgan fingerprint density at radius 1 is 1.04 bits per heavy atom. The molecule has 0 aliphatic carbocycles. The van der Waals surface area contributed by atoms with Crippen molar-refractivity contribution in [1.82, 2.24) is 10.3 Å². The van der Waals surface area contributed by atoms with E-state index < -0.39 is 0 Å². The summed E-state index contributed by atoms with van der Waals surface area (Å²) in [4.78, 5) is 17.5. The summed E-state index contributed by atoms with van der Waals surface area (Å²) in [6, 6.07) is 17.9. The van der Waals surface area contributed by atoms with Gasteiger partial charge in [-0.2, -0.15) is 0 Å². The number of rotatable bonds is 6. The molecule has 1 heterocycles. The molecule has 0 aliphatic rings. The van der Waals surface area contributed by atoms with Gasteiger partial charge >= 0.3 is 0 Å². The normalized spacial score (nSPS) is 10.8. The average molecular weight is 332 g/mol. The highest BCUT2D eigenvalue weighted by Gasteiger charge is 2.13. The molecule has 0 spiro atoms. The minimum absolute atomic E-state index is 0.0244. The van der Waals surface area contributed by atoms with Crippen LogP contribution in [0.15, 0.2) is 54.6 Å². The van der Waals surface area contributed by atoms with Gasteiger partial charge in [-0.25, -0.2) is 4.98 Å². The van der Waals surface area contributed by atoms with Crippen LogP contribution in [0, 0.1) is 6.92 Å². The zero-order valence-corrected chi connectivity index (χ0v) is 14.9. The molecule has 25 heavy (non-hydrogen) atoms. The van der Waals surface area contributed by atoms with Crippen LogP contribution in [-0.2, 0) is 0 Å². The highest BCUT2D eigenvalue weighted by Crippen LogP contribution is 2.25. The minimum Gasteiger partial charge on any atom is -0.352 e. The molecular weight excluding hydrogens is 308 g/mol. The minimum atomic E-state index is -0.0244. The molecule has 2 aromatic carbocycles. The van der Waals surface area contributed by atoms with Crippen molar-refractivity contribution in [3.8, 4) is 11.3 Å². The maximum atomic E-state index is 12.7. The van der Waals surface area contributed by atoms with Crippen LogP contribution >= 0.6 is 0 Å². The van der Waals surface area contributed by atoms with Gasteiger partial charge in [0.15, 0.2) is 0 Å². The topological polar surface area (TPSA) is 42.0 Å². The smallest absolute Gasteiger partial charge is 0.252 e. The van der Waals surface area contributed by atoms with E-state index in [0.29, 0.717) is 12.1 Å². The predicted octanol–water partition coefficient (Wildman–Crippen LogP) is 5.13. The van der Waals surface area contributed by atoms with Crippen LogP contribution in [0.25, 0.3) is 22.2 Å². The number of pyridine rings is 1. The van der Waals surface area contributed by atoms with Gasteiger partial charge in [-0.15, -0.1) is 0 Å². The van der Waals surface area contributed by atoms with Crippen molar-refractivity contribution in [2.45, 2.75) is 33.1 Å². The predicted molar refractivity (Wildman–Crippen MR) is 104 cm³/mol. The number of nitrogens with zero attached hydrogens (tertiary/aromatic N) is 1. The number of unbranched alkanes of at least 4 members (excludes halogenated alkanes) is 2. The molecule has 0 unspecified atom stereocenters. The Balaban J connectivity index is 1.99. The van der Waals surface area contributed by atoms with E-state index in [0.717, 1.165) is 41.4 Å². The Morgan fingerprint density at radius 2 is 1.88 bits per heavy atom. The fourth-order valence-electron chi connectivity index (χ4n) is 2.99. The quantitative estimate of drug-likeness (QED) is 0.636. The Kier molecular flexibility index (Phi) is 5.44. The summed E-state index contributed by atoms with van der Waals surface area (Å²) in [5.41, 5.74) is 4.59. The first kappa shape index (κ1) is 17.2. The van der Waals surface area contributed by atoms with Crippen LogP contribution in [-0.4, -0.2) is 17.4 Å². The third-order valence-electron chi connectivity index (χ3n) is 4.34. The van der Waals surface area contributed by atoms with Crippen LogP contribution in [0.4, 0.5) is 0 Å². The highest BCUT2D eigenvalue weighted by molar-refractivity contribution is 6.07. The number of nitrogens with one attached hydrogen (secondary N) is 1. The molecule has 3 aromatic rings. The lowest BCUT2D eigenvalue weighted by Gasteiger charge is -2.11. The zero-order valence-electron chi connectivity index (χ0n) is 14.9. The van der Waals surface area contributed by atoms with Gasteiger partial charge in [0, 0.05) is 17.5 Å². The van der Waals surface area contributed by atoms with Gasteiger partial charge in [-0.05, 0) is 31.5 Å². The molecule has 3 heteroatoms. The Hall–Kier alpha value is -2.68. The van der Waals surface area contributed by atoms with Crippen molar-refractivity contribution in [3.63, 3.8) is 0 Å². The van der Waals surface area contributed by atoms with Crippen LogP contribution in [0.2, 0.25) is 0 Å². The van der Waals surface area contributed by atoms with E-state index in [1.54, 1.807) is 0 Å². The van der Waals surface area contributed by atoms with Gasteiger partial charge in [-0.1, -0.05) is 61.7 Å². The lowest BCUT2D eigenvalue weighted by molar-refractivity contribution is 0.0954. The number of hydrogen-bond donors (Lipinski definition) is 1. The van der Waals surface area contributed by atoms with Crippen molar-refractivity contribution in [3.05, 3.63) is 65.7 Å². The van der Waals surface area contributed by atoms with Crippen LogP contribution in [0.1, 0.15) is 42.1 Å². The third-order valence-corrected chi connectivity index (χ3v) is 4.34. The van der Waals surface area contributed by atoms with Crippen molar-refractivity contribution < 1.29 is 4.79 Å². The lowest BCUT2D eigenvalue weighted by atomic mass is 10.0. The molecule has 0 atom stereocenters. The molecule has 0 fully saturated rings. The number of carbonyl (C=O) groups is 1. The standard InChI is InChI=1S/C22H24N2O/c1-3-4-7-13-23-22(25)19-15-21(17-10-8-9-16(2)14-17)24-20-12-6-5-11-18(19)20/h5-6,8-12,14-15H,3-4,7,13H2,1-2H3,(H,23,25). The van der Waals surface area contributed by atoms with Gasteiger partial charge in [-0.3, -0.25) is 4.79 Å². The molecule has 0 radical (unpaired) electrons. The van der Waals surface area contributed by atoms with Gasteiger partial charge in [0.25, 0.3) is 5.91 Å². The number of hydrogen-bond acceptors (Lipinski definition) is 2. The summed E-state index contributed by atoms with van der Waals surface area (Å²) in [7, 11) is 0. The number of carbonyl (C=O) groups excluding carboxylic acids is 1. The van der Waals surface area contributed by atoms with Crippen LogP contribution in [0.3, 0.4) is 0 Å². The monoisotopic (exact) mass is 332 g/mol. The van der Waals surface area contributed by atoms with Crippen molar-refractivity contribution >= 4 is 16.8 Å². The summed E-state index contributed by atoms with van der Waals surface area (Å²) in [5, 5.41) is 3.94. The summed E-state index contributed by atoms with van der Waals surface area (Å²) >= 11 is 0. The highest BCUT2D eigenvalue weighted by atomic mass is 16.1. The first-order valence-corrected chi connectivity index (χ1v) is 8.94. The molecule has 1 aromatic heterocycles. The molecule has 3 nitrogen and oxygen atoms in total. The molecule has 0 saturated heterocycles. The first-order chi connectivity index (χ1) is 12.2. The molecule has 1 N–H and O–H groups in total. The van der Waals surface area contributed by atoms with E-state index in [1.807, 2.05) is 42.5 Å². The lowest BCUT2D eigenvalue weighted by Crippen LogP contribution is -2.24. The first-order valence-electron chi connectivity index (χ1n) is 8.94. The summed E-state index contributed by atoms with van der Waals surface area (Å²) in [6.07, 6.45) is 3.29. The maximum Gasteiger partial charge on any atom is 0.252 e. The number of aromatic nitrogens is 1. The fourth-order valence-corrected chi connectivity index (χ4v) is 2.99. The van der Waals surface area contributed by atoms with Gasteiger partial charge in [0.2, 0.25) is 0 Å². The van der Waals surface area contributed by atoms with E-state index in [9.17, 15) is 4.79 Å². The maximum absolute atomic E-state index is 12.7. The largest absolute Gasteiger partial charge is 0.352 e. The molecular formula is C22H24N2O. The van der Waals surface area contributed by atoms with E-state index >= 15 is 0 Å². The van der Waals surface area contributed by atoms with Crippen molar-refractivity contribution in [2.24, 2.45) is 0 Å². The molecule has 0 aliphatic heterocycles. The summed E-state index contributed by atoms with van der Waals surface area (Å²) < 4.78 is 0.